The average molecular weight is 432 g/mol. The van der Waals surface area contributed by atoms with E-state index in [0.717, 1.165) is 31.5 Å². The minimum absolute atomic E-state index is 0.197. The predicted octanol–water partition coefficient (Wildman–Crippen LogP) is 3.54. The maximum Gasteiger partial charge on any atom is 0.416 e. The van der Waals surface area contributed by atoms with E-state index in [2.05, 4.69) is 10.3 Å². The molecule has 2 aliphatic rings. The first-order valence-corrected chi connectivity index (χ1v) is 10.2. The number of nitrogens with two attached hydrogens (primary N) is 1. The van der Waals surface area contributed by atoms with Crippen LogP contribution in [0.15, 0.2) is 42.6 Å². The predicted molar refractivity (Wildman–Crippen MR) is 109 cm³/mol. The van der Waals surface area contributed by atoms with Crippen molar-refractivity contribution in [3.8, 4) is 0 Å². The Morgan fingerprint density at radius 3 is 2.68 bits per heavy atom. The van der Waals surface area contributed by atoms with Crippen molar-refractivity contribution in [2.24, 2.45) is 17.6 Å². The summed E-state index contributed by atoms with van der Waals surface area (Å²) in [5, 5.41) is 2.79. The van der Waals surface area contributed by atoms with E-state index >= 15 is 0 Å². The molecule has 4 rings (SSSR count). The van der Waals surface area contributed by atoms with E-state index in [1.165, 1.54) is 6.07 Å². The molecule has 0 spiro atoms. The lowest BCUT2D eigenvalue weighted by molar-refractivity contribution is -0.137. The van der Waals surface area contributed by atoms with Gasteiger partial charge < -0.3 is 16.0 Å². The summed E-state index contributed by atoms with van der Waals surface area (Å²) in [5.41, 5.74) is 5.76. The van der Waals surface area contributed by atoms with Crippen molar-refractivity contribution in [2.45, 2.75) is 31.4 Å². The summed E-state index contributed by atoms with van der Waals surface area (Å²) >= 11 is 0. The Balaban J connectivity index is 1.35. The first-order valence-electron chi connectivity index (χ1n) is 10.2. The molecule has 0 radical (unpaired) electrons. The van der Waals surface area contributed by atoms with E-state index in [1.807, 2.05) is 4.90 Å². The second-order valence-corrected chi connectivity index (χ2v) is 8.15. The van der Waals surface area contributed by atoms with Gasteiger partial charge >= 0.3 is 6.18 Å². The Morgan fingerprint density at radius 2 is 2.00 bits per heavy atom. The highest BCUT2D eigenvalue weighted by atomic mass is 19.4. The number of benzene rings is 1. The van der Waals surface area contributed by atoms with E-state index in [-0.39, 0.29) is 29.6 Å². The van der Waals surface area contributed by atoms with Gasteiger partial charge in [-0.3, -0.25) is 9.59 Å². The third-order valence-corrected chi connectivity index (χ3v) is 5.93. The van der Waals surface area contributed by atoms with E-state index < -0.39 is 11.7 Å². The first-order chi connectivity index (χ1) is 14.7. The highest BCUT2D eigenvalue weighted by molar-refractivity contribution is 5.95. The summed E-state index contributed by atoms with van der Waals surface area (Å²) in [6.07, 6.45) is -0.716. The molecule has 6 nitrogen and oxygen atoms in total. The van der Waals surface area contributed by atoms with E-state index in [9.17, 15) is 22.8 Å². The van der Waals surface area contributed by atoms with Gasteiger partial charge in [0.15, 0.2) is 0 Å². The van der Waals surface area contributed by atoms with Gasteiger partial charge in [0.05, 0.1) is 23.4 Å². The van der Waals surface area contributed by atoms with Crippen molar-refractivity contribution in [2.75, 3.05) is 23.3 Å². The van der Waals surface area contributed by atoms with Crippen LogP contribution in [0.25, 0.3) is 0 Å². The molecule has 3 N–H and O–H groups in total. The number of halogens is 3. The third kappa shape index (κ3) is 4.81. The van der Waals surface area contributed by atoms with Crippen molar-refractivity contribution >= 4 is 23.3 Å². The number of rotatable bonds is 5. The van der Waals surface area contributed by atoms with Crippen LogP contribution in [-0.4, -0.2) is 29.9 Å². The summed E-state index contributed by atoms with van der Waals surface area (Å²) in [7, 11) is 0. The van der Waals surface area contributed by atoms with Crippen molar-refractivity contribution in [1.82, 2.24) is 4.98 Å². The molecule has 0 bridgehead atoms. The SMILES string of the molecule is NC(=O)C1CCCN(c2ccc(NC(=O)C3CC3c3cccc(C(F)(F)F)c3)cn2)C1. The van der Waals surface area contributed by atoms with Gasteiger partial charge in [0.2, 0.25) is 11.8 Å². The smallest absolute Gasteiger partial charge is 0.369 e. The summed E-state index contributed by atoms with van der Waals surface area (Å²) < 4.78 is 38.7. The lowest BCUT2D eigenvalue weighted by Crippen LogP contribution is -2.41. The minimum atomic E-state index is -4.40. The number of hydrogen-bond acceptors (Lipinski definition) is 4. The van der Waals surface area contributed by atoms with Crippen LogP contribution in [0, 0.1) is 11.8 Å². The van der Waals surface area contributed by atoms with Crippen molar-refractivity contribution in [1.29, 1.82) is 0 Å². The van der Waals surface area contributed by atoms with Gasteiger partial charge in [-0.05, 0) is 48.9 Å². The van der Waals surface area contributed by atoms with Crippen LogP contribution in [0.2, 0.25) is 0 Å². The normalized spacial score (nSPS) is 23.3. The van der Waals surface area contributed by atoms with Crippen molar-refractivity contribution in [3.05, 3.63) is 53.7 Å². The number of hydrogen-bond donors (Lipinski definition) is 2. The highest BCUT2D eigenvalue weighted by Gasteiger charge is 2.44. The molecule has 3 unspecified atom stereocenters. The number of anilines is 2. The van der Waals surface area contributed by atoms with Crippen molar-refractivity contribution < 1.29 is 22.8 Å². The Kier molecular flexibility index (Phi) is 5.60. The number of amides is 2. The van der Waals surface area contributed by atoms with Gasteiger partial charge in [-0.25, -0.2) is 4.98 Å². The number of nitrogens with zero attached hydrogens (tertiary/aromatic N) is 2. The molecule has 2 fully saturated rings. The quantitative estimate of drug-likeness (QED) is 0.757. The lowest BCUT2D eigenvalue weighted by Gasteiger charge is -2.32. The molecule has 2 aromatic rings. The summed E-state index contributed by atoms with van der Waals surface area (Å²) in [6, 6.07) is 8.65. The number of primary amides is 1. The second-order valence-electron chi connectivity index (χ2n) is 8.15. The van der Waals surface area contributed by atoms with Crippen LogP contribution in [0.1, 0.15) is 36.3 Å². The Labute approximate surface area is 177 Å². The maximum absolute atomic E-state index is 12.9. The number of nitrogens with one attached hydrogen (secondary N) is 1. The number of aromatic nitrogens is 1. The third-order valence-electron chi connectivity index (χ3n) is 5.93. The van der Waals surface area contributed by atoms with E-state index in [0.29, 0.717) is 30.0 Å². The van der Waals surface area contributed by atoms with Crippen LogP contribution in [0.5, 0.6) is 0 Å². The topological polar surface area (TPSA) is 88.3 Å². The second kappa shape index (κ2) is 8.20. The number of alkyl halides is 3. The fraction of sp³-hybridized carbons (Fsp3) is 0.409. The summed E-state index contributed by atoms with van der Waals surface area (Å²) in [5.74, 6) is -0.609. The Bertz CT molecular complexity index is 977. The van der Waals surface area contributed by atoms with Gasteiger partial charge in [-0.1, -0.05) is 18.2 Å². The molecule has 1 aromatic carbocycles. The molecule has 1 aromatic heterocycles. The average Bonchev–Trinajstić information content (AvgIpc) is 3.55. The molecular formula is C22H23F3N4O2. The fourth-order valence-electron chi connectivity index (χ4n) is 4.10. The zero-order valence-corrected chi connectivity index (χ0v) is 16.7. The van der Waals surface area contributed by atoms with Crippen LogP contribution in [-0.2, 0) is 15.8 Å². The van der Waals surface area contributed by atoms with Crippen LogP contribution in [0.4, 0.5) is 24.7 Å². The molecule has 164 valence electrons. The van der Waals surface area contributed by atoms with E-state index in [4.69, 9.17) is 5.73 Å². The van der Waals surface area contributed by atoms with Crippen LogP contribution < -0.4 is 16.0 Å². The van der Waals surface area contributed by atoms with Gasteiger partial charge in [0.1, 0.15) is 5.82 Å². The summed E-state index contributed by atoms with van der Waals surface area (Å²) in [6.45, 7) is 1.30. The number of pyridine rings is 1. The van der Waals surface area contributed by atoms with Crippen LogP contribution in [0.3, 0.4) is 0 Å². The lowest BCUT2D eigenvalue weighted by atomic mass is 9.97. The van der Waals surface area contributed by atoms with Gasteiger partial charge in [0.25, 0.3) is 0 Å². The highest BCUT2D eigenvalue weighted by Crippen LogP contribution is 2.48. The van der Waals surface area contributed by atoms with Crippen LogP contribution >= 0.6 is 0 Å². The number of piperidine rings is 1. The molecule has 1 saturated carbocycles. The monoisotopic (exact) mass is 432 g/mol. The largest absolute Gasteiger partial charge is 0.416 e. The number of carbonyl (C=O) groups excluding carboxylic acids is 2. The Hall–Kier alpha value is -3.10. The molecule has 1 saturated heterocycles. The maximum atomic E-state index is 12.9. The molecule has 31 heavy (non-hydrogen) atoms. The molecule has 9 heteroatoms. The molecule has 1 aliphatic heterocycles. The standard InChI is InChI=1S/C22H23F3N4O2/c23-22(24,25)15-5-1-3-13(9-15)17-10-18(17)21(31)28-16-6-7-19(27-11-16)29-8-2-4-14(12-29)20(26)30/h1,3,5-7,9,11,14,17-18H,2,4,8,10,12H2,(H2,26,30)(H,28,31). The fourth-order valence-corrected chi connectivity index (χ4v) is 4.10. The number of carbonyl (C=O) groups is 2. The zero-order chi connectivity index (χ0) is 22.2. The van der Waals surface area contributed by atoms with Gasteiger partial charge in [-0.2, -0.15) is 13.2 Å². The molecule has 2 heterocycles. The Morgan fingerprint density at radius 1 is 1.19 bits per heavy atom. The molecule has 3 atom stereocenters. The van der Waals surface area contributed by atoms with Gasteiger partial charge in [0, 0.05) is 19.0 Å². The summed E-state index contributed by atoms with van der Waals surface area (Å²) in [4.78, 5) is 30.3. The van der Waals surface area contributed by atoms with E-state index in [1.54, 1.807) is 24.4 Å². The minimum Gasteiger partial charge on any atom is -0.369 e. The molecule has 2 amide bonds. The van der Waals surface area contributed by atoms with Gasteiger partial charge in [-0.15, -0.1) is 0 Å². The zero-order valence-electron chi connectivity index (χ0n) is 16.7. The first kappa shape index (κ1) is 21.1. The van der Waals surface area contributed by atoms with Crippen molar-refractivity contribution in [3.63, 3.8) is 0 Å². The molecular weight excluding hydrogens is 409 g/mol. The molecule has 1 aliphatic carbocycles.